The van der Waals surface area contributed by atoms with E-state index in [-0.39, 0.29) is 29.7 Å². The largest absolute Gasteiger partial charge is 0.480 e. The number of halogens is 3. The van der Waals surface area contributed by atoms with E-state index in [0.29, 0.717) is 15.8 Å². The molecule has 1 unspecified atom stereocenters. The third-order valence-electron chi connectivity index (χ3n) is 2.89. The summed E-state index contributed by atoms with van der Waals surface area (Å²) in [7, 11) is -3.00. The van der Waals surface area contributed by atoms with Gasteiger partial charge in [0.1, 0.15) is 6.54 Å². The number of aromatic nitrogens is 1. The minimum atomic E-state index is -4.63. The van der Waals surface area contributed by atoms with Crippen LogP contribution in [-0.2, 0) is 14.8 Å². The molecule has 1 atom stereocenters. The summed E-state index contributed by atoms with van der Waals surface area (Å²) in [5.74, 6) is 0.0493. The lowest BCUT2D eigenvalue weighted by atomic mass is 10.2. The summed E-state index contributed by atoms with van der Waals surface area (Å²) in [4.78, 5) is 0. The van der Waals surface area contributed by atoms with Crippen LogP contribution in [0.3, 0.4) is 0 Å². The van der Waals surface area contributed by atoms with Gasteiger partial charge in [-0.2, -0.15) is 21.9 Å². The molecule has 0 bridgehead atoms. The van der Waals surface area contributed by atoms with Gasteiger partial charge < -0.3 is 9.47 Å². The average Bonchev–Trinajstić information content (AvgIpc) is 3.05. The van der Waals surface area contributed by atoms with Gasteiger partial charge in [0, 0.05) is 12.7 Å². The zero-order valence-corrected chi connectivity index (χ0v) is 12.6. The minimum absolute atomic E-state index is 0.0493. The van der Waals surface area contributed by atoms with Gasteiger partial charge in [0.25, 0.3) is 10.0 Å². The quantitative estimate of drug-likeness (QED) is 0.808. The second-order valence-corrected chi connectivity index (χ2v) is 7.29. The third kappa shape index (κ3) is 3.84. The van der Waals surface area contributed by atoms with E-state index in [2.05, 4.69) is 4.37 Å². The molecule has 2 heterocycles. The molecule has 1 fully saturated rings. The second kappa shape index (κ2) is 6.07. The molecule has 1 saturated heterocycles. The molecule has 6 nitrogen and oxygen atoms in total. The molecule has 0 aromatic carbocycles. The lowest BCUT2D eigenvalue weighted by Crippen LogP contribution is -2.45. The van der Waals surface area contributed by atoms with Crippen molar-refractivity contribution in [1.82, 2.24) is 8.68 Å². The Kier molecular flexibility index (Phi) is 4.76. The topological polar surface area (TPSA) is 68.7 Å². The Hall–Kier alpha value is -0.910. The number of sulfonamides is 1. The maximum absolute atomic E-state index is 12.7. The summed E-state index contributed by atoms with van der Waals surface area (Å²) in [6.07, 6.45) is -4.41. The number of nitrogens with zero attached hydrogens (tertiary/aromatic N) is 2. The highest BCUT2D eigenvalue weighted by Crippen LogP contribution is 2.30. The highest BCUT2D eigenvalue weighted by molar-refractivity contribution is 7.91. The third-order valence-corrected chi connectivity index (χ3v) is 5.98. The van der Waals surface area contributed by atoms with Crippen LogP contribution >= 0.6 is 11.5 Å². The first kappa shape index (κ1) is 16.5. The van der Waals surface area contributed by atoms with Crippen LogP contribution < -0.4 is 4.74 Å². The SMILES string of the molecule is COc1cc(S(=O)(=O)N(CC(F)(F)F)C2CCOC2)sn1. The molecule has 0 spiro atoms. The molecule has 1 aromatic heterocycles. The van der Waals surface area contributed by atoms with Gasteiger partial charge in [-0.3, -0.25) is 0 Å². The maximum Gasteiger partial charge on any atom is 0.402 e. The summed E-state index contributed by atoms with van der Waals surface area (Å²) in [6.45, 7) is -1.37. The molecule has 21 heavy (non-hydrogen) atoms. The molecule has 0 amide bonds. The Bertz CT molecular complexity index is 581. The highest BCUT2D eigenvalue weighted by Gasteiger charge is 2.42. The summed E-state index contributed by atoms with van der Waals surface area (Å²) in [5.41, 5.74) is 0. The van der Waals surface area contributed by atoms with Crippen LogP contribution in [0.5, 0.6) is 5.88 Å². The fraction of sp³-hybridized carbons (Fsp3) is 0.700. The normalized spacial score (nSPS) is 20.1. The highest BCUT2D eigenvalue weighted by atomic mass is 32.2. The van der Waals surface area contributed by atoms with Gasteiger partial charge in [-0.15, -0.1) is 0 Å². The van der Waals surface area contributed by atoms with E-state index in [4.69, 9.17) is 9.47 Å². The van der Waals surface area contributed by atoms with E-state index in [9.17, 15) is 21.6 Å². The summed E-state index contributed by atoms with van der Waals surface area (Å²) >= 11 is 0.581. The first-order valence-corrected chi connectivity index (χ1v) is 8.12. The fourth-order valence-electron chi connectivity index (χ4n) is 1.91. The van der Waals surface area contributed by atoms with Crippen molar-refractivity contribution >= 4 is 21.6 Å². The van der Waals surface area contributed by atoms with Crippen molar-refractivity contribution in [2.75, 3.05) is 26.9 Å². The number of hydrogen-bond donors (Lipinski definition) is 0. The molecule has 0 N–H and O–H groups in total. The smallest absolute Gasteiger partial charge is 0.402 e. The van der Waals surface area contributed by atoms with Crippen molar-refractivity contribution in [2.45, 2.75) is 22.8 Å². The van der Waals surface area contributed by atoms with Crippen molar-refractivity contribution in [3.63, 3.8) is 0 Å². The Balaban J connectivity index is 2.33. The first-order chi connectivity index (χ1) is 9.74. The Morgan fingerprint density at radius 1 is 1.57 bits per heavy atom. The number of alkyl halides is 3. The molecule has 0 radical (unpaired) electrons. The molecule has 1 aromatic rings. The predicted octanol–water partition coefficient (Wildman–Crippen LogP) is 1.49. The monoisotopic (exact) mass is 346 g/mol. The predicted molar refractivity (Wildman–Crippen MR) is 67.8 cm³/mol. The van der Waals surface area contributed by atoms with Crippen molar-refractivity contribution < 1.29 is 31.1 Å². The molecule has 1 aliphatic heterocycles. The standard InChI is InChI=1S/C10H13F3N2O4S2/c1-18-8-4-9(20-14-8)21(16,17)15(6-10(11,12)13)7-2-3-19-5-7/h4,7H,2-3,5-6H2,1H3. The van der Waals surface area contributed by atoms with Gasteiger partial charge >= 0.3 is 6.18 Å². The van der Waals surface area contributed by atoms with E-state index in [1.165, 1.54) is 7.11 Å². The molecule has 1 aliphatic rings. The number of methoxy groups -OCH3 is 1. The Morgan fingerprint density at radius 3 is 2.76 bits per heavy atom. The summed E-state index contributed by atoms with van der Waals surface area (Å²) in [5, 5.41) is 0. The maximum atomic E-state index is 12.7. The zero-order chi connectivity index (χ0) is 15.7. The Labute approximate surface area is 123 Å². The van der Waals surface area contributed by atoms with Gasteiger partial charge in [-0.1, -0.05) is 0 Å². The van der Waals surface area contributed by atoms with Gasteiger partial charge in [0.15, 0.2) is 4.21 Å². The van der Waals surface area contributed by atoms with Crippen molar-refractivity contribution in [1.29, 1.82) is 0 Å². The van der Waals surface area contributed by atoms with E-state index in [1.54, 1.807) is 0 Å². The van der Waals surface area contributed by atoms with Gasteiger partial charge in [-0.05, 0) is 18.0 Å². The van der Waals surface area contributed by atoms with Crippen LogP contribution in [0, 0.1) is 0 Å². The van der Waals surface area contributed by atoms with Gasteiger partial charge in [-0.25, -0.2) is 8.42 Å². The molecular formula is C10H13F3N2O4S2. The molecule has 120 valence electrons. The molecule has 2 rings (SSSR count). The van der Waals surface area contributed by atoms with Gasteiger partial charge in [0.2, 0.25) is 5.88 Å². The number of ether oxygens (including phenoxy) is 2. The van der Waals surface area contributed by atoms with E-state index in [0.717, 1.165) is 6.07 Å². The zero-order valence-electron chi connectivity index (χ0n) is 11.0. The van der Waals surface area contributed by atoms with E-state index < -0.39 is 28.8 Å². The van der Waals surface area contributed by atoms with Crippen molar-refractivity contribution in [3.05, 3.63) is 6.07 Å². The second-order valence-electron chi connectivity index (χ2n) is 4.37. The van der Waals surface area contributed by atoms with Crippen molar-refractivity contribution in [2.24, 2.45) is 0 Å². The van der Waals surface area contributed by atoms with Crippen molar-refractivity contribution in [3.8, 4) is 5.88 Å². The van der Waals surface area contributed by atoms with Crippen LogP contribution in [-0.4, -0.2) is 56.2 Å². The van der Waals surface area contributed by atoms with E-state index in [1.807, 2.05) is 0 Å². The van der Waals surface area contributed by atoms with E-state index >= 15 is 0 Å². The van der Waals surface area contributed by atoms with Crippen LogP contribution in [0.1, 0.15) is 6.42 Å². The summed E-state index contributed by atoms with van der Waals surface area (Å²) in [6, 6.07) is 0.281. The van der Waals surface area contributed by atoms with Crippen LogP contribution in [0.4, 0.5) is 13.2 Å². The summed E-state index contributed by atoms with van der Waals surface area (Å²) < 4.78 is 76.5. The lowest BCUT2D eigenvalue weighted by Gasteiger charge is -2.27. The van der Waals surface area contributed by atoms with Crippen LogP contribution in [0.2, 0.25) is 0 Å². The molecule has 0 saturated carbocycles. The fourth-order valence-corrected chi connectivity index (χ4v) is 4.51. The average molecular weight is 346 g/mol. The molecule has 0 aliphatic carbocycles. The number of hydrogen-bond acceptors (Lipinski definition) is 6. The minimum Gasteiger partial charge on any atom is -0.480 e. The lowest BCUT2D eigenvalue weighted by molar-refractivity contribution is -0.139. The molecular weight excluding hydrogens is 333 g/mol. The first-order valence-electron chi connectivity index (χ1n) is 5.91. The Morgan fingerprint density at radius 2 is 2.29 bits per heavy atom. The molecule has 11 heteroatoms. The van der Waals surface area contributed by atoms with Crippen LogP contribution in [0.25, 0.3) is 0 Å². The van der Waals surface area contributed by atoms with Crippen LogP contribution in [0.15, 0.2) is 10.3 Å². The number of rotatable bonds is 5. The van der Waals surface area contributed by atoms with Gasteiger partial charge in [0.05, 0.1) is 19.8 Å².